The quantitative estimate of drug-likeness (QED) is 0.845. The molecule has 0 saturated carbocycles. The van der Waals surface area contributed by atoms with E-state index in [9.17, 15) is 5.11 Å². The molecule has 0 saturated heterocycles. The summed E-state index contributed by atoms with van der Waals surface area (Å²) in [5.74, 6) is 0.311. The number of nitrogens with one attached hydrogen (secondary N) is 1. The number of aromatic nitrogens is 1. The van der Waals surface area contributed by atoms with E-state index in [1.807, 2.05) is 18.3 Å². The minimum Gasteiger partial charge on any atom is -0.389 e. The molecule has 1 aromatic rings. The van der Waals surface area contributed by atoms with Crippen LogP contribution in [0, 0.1) is 5.92 Å². The summed E-state index contributed by atoms with van der Waals surface area (Å²) in [6, 6.07) is 0.382. The van der Waals surface area contributed by atoms with E-state index in [1.165, 1.54) is 22.0 Å². The lowest BCUT2D eigenvalue weighted by molar-refractivity contribution is 0.00287. The van der Waals surface area contributed by atoms with Gasteiger partial charge in [0.25, 0.3) is 0 Å². The molecule has 1 aliphatic carbocycles. The number of aliphatic hydroxyl groups is 1. The van der Waals surface area contributed by atoms with Crippen molar-refractivity contribution in [1.82, 2.24) is 10.3 Å². The molecule has 3 atom stereocenters. The maximum Gasteiger partial charge on any atom is 0.0928 e. The highest BCUT2D eigenvalue weighted by atomic mass is 32.1. The Balaban J connectivity index is 2.03. The first kappa shape index (κ1) is 15.9. The summed E-state index contributed by atoms with van der Waals surface area (Å²) in [4.78, 5) is 6.14. The van der Waals surface area contributed by atoms with Crippen LogP contribution in [0.15, 0.2) is 0 Å². The van der Waals surface area contributed by atoms with Crippen molar-refractivity contribution in [2.75, 3.05) is 6.54 Å². The van der Waals surface area contributed by atoms with Crippen LogP contribution in [0.1, 0.15) is 68.6 Å². The van der Waals surface area contributed by atoms with Crippen molar-refractivity contribution in [3.05, 3.63) is 15.6 Å². The van der Waals surface area contributed by atoms with Gasteiger partial charge in [0.1, 0.15) is 0 Å². The summed E-state index contributed by atoms with van der Waals surface area (Å²) in [5, 5.41) is 15.4. The Labute approximate surface area is 126 Å². The molecule has 3 nitrogen and oxygen atoms in total. The van der Waals surface area contributed by atoms with E-state index in [0.29, 0.717) is 18.5 Å². The van der Waals surface area contributed by atoms with Crippen molar-refractivity contribution < 1.29 is 5.11 Å². The Kier molecular flexibility index (Phi) is 5.21. The van der Waals surface area contributed by atoms with E-state index in [-0.39, 0.29) is 0 Å². The van der Waals surface area contributed by atoms with Gasteiger partial charge in [-0.15, -0.1) is 11.3 Å². The third kappa shape index (κ3) is 3.41. The summed E-state index contributed by atoms with van der Waals surface area (Å²) >= 11 is 1.85. The van der Waals surface area contributed by atoms with Gasteiger partial charge < -0.3 is 10.4 Å². The number of hydrogen-bond donors (Lipinski definition) is 2. The minimum atomic E-state index is -0.634. The molecule has 4 heteroatoms. The summed E-state index contributed by atoms with van der Waals surface area (Å²) in [6.07, 6.45) is 5.50. The molecular formula is C16H28N2OS. The van der Waals surface area contributed by atoms with Crippen molar-refractivity contribution >= 4 is 11.3 Å². The van der Waals surface area contributed by atoms with Crippen molar-refractivity contribution in [2.24, 2.45) is 5.92 Å². The predicted molar refractivity (Wildman–Crippen MR) is 85.3 cm³/mol. The molecular weight excluding hydrogens is 268 g/mol. The first-order valence-corrected chi connectivity index (χ1v) is 8.73. The first-order chi connectivity index (χ1) is 9.47. The largest absolute Gasteiger partial charge is 0.389 e. The number of hydrogen-bond acceptors (Lipinski definition) is 4. The highest BCUT2D eigenvalue weighted by molar-refractivity contribution is 7.11. The Morgan fingerprint density at radius 3 is 2.90 bits per heavy atom. The molecule has 0 aliphatic heterocycles. The molecule has 0 bridgehead atoms. The van der Waals surface area contributed by atoms with E-state index < -0.39 is 5.60 Å². The van der Waals surface area contributed by atoms with Crippen LogP contribution in [-0.4, -0.2) is 22.2 Å². The second-order valence-corrected chi connectivity index (χ2v) is 7.38. The smallest absolute Gasteiger partial charge is 0.0928 e. The van der Waals surface area contributed by atoms with Crippen molar-refractivity contribution in [1.29, 1.82) is 0 Å². The van der Waals surface area contributed by atoms with E-state index in [0.717, 1.165) is 25.7 Å². The highest BCUT2D eigenvalue weighted by Crippen LogP contribution is 2.34. The average Bonchev–Trinajstić information content (AvgIpc) is 2.87. The molecule has 0 amide bonds. The second-order valence-electron chi connectivity index (χ2n) is 6.26. The monoisotopic (exact) mass is 296 g/mol. The zero-order chi connectivity index (χ0) is 14.8. The standard InChI is InChI=1S/C16H28N2OS/c1-5-11(3)16(4,19)10-17-12-8-7-9-13-15(12)20-14(6-2)18-13/h11-12,17,19H,5-10H2,1-4H3. The highest BCUT2D eigenvalue weighted by Gasteiger charge is 2.30. The molecule has 1 aromatic heterocycles. The molecule has 1 heterocycles. The fraction of sp³-hybridized carbons (Fsp3) is 0.812. The van der Waals surface area contributed by atoms with E-state index in [2.05, 4.69) is 26.1 Å². The van der Waals surface area contributed by atoms with Gasteiger partial charge in [0, 0.05) is 17.5 Å². The predicted octanol–water partition coefficient (Wildman–Crippen LogP) is 3.47. The van der Waals surface area contributed by atoms with Crippen molar-refractivity contribution in [2.45, 2.75) is 71.4 Å². The molecule has 114 valence electrons. The third-order valence-corrected chi connectivity index (χ3v) is 6.03. The Bertz CT molecular complexity index is 442. The van der Waals surface area contributed by atoms with Crippen LogP contribution < -0.4 is 5.32 Å². The van der Waals surface area contributed by atoms with Crippen LogP contribution in [-0.2, 0) is 12.8 Å². The van der Waals surface area contributed by atoms with Crippen LogP contribution >= 0.6 is 11.3 Å². The topological polar surface area (TPSA) is 45.2 Å². The second kappa shape index (κ2) is 6.54. The Morgan fingerprint density at radius 1 is 1.50 bits per heavy atom. The average molecular weight is 296 g/mol. The number of nitrogens with zero attached hydrogens (tertiary/aromatic N) is 1. The van der Waals surface area contributed by atoms with Gasteiger partial charge in [-0.1, -0.05) is 27.2 Å². The molecule has 0 radical (unpaired) electrons. The Hall–Kier alpha value is -0.450. The third-order valence-electron chi connectivity index (χ3n) is 4.68. The van der Waals surface area contributed by atoms with E-state index in [1.54, 1.807) is 0 Å². The first-order valence-electron chi connectivity index (χ1n) is 7.92. The zero-order valence-electron chi connectivity index (χ0n) is 13.2. The number of fused-ring (bicyclic) bond motifs is 1. The number of aryl methyl sites for hydroxylation is 2. The minimum absolute atomic E-state index is 0.311. The van der Waals surface area contributed by atoms with Crippen LogP contribution in [0.5, 0.6) is 0 Å². The lowest BCUT2D eigenvalue weighted by atomic mass is 9.88. The van der Waals surface area contributed by atoms with E-state index >= 15 is 0 Å². The van der Waals surface area contributed by atoms with Crippen molar-refractivity contribution in [3.63, 3.8) is 0 Å². The number of rotatable bonds is 6. The summed E-state index contributed by atoms with van der Waals surface area (Å²) < 4.78 is 0. The van der Waals surface area contributed by atoms with Gasteiger partial charge in [0.05, 0.1) is 16.3 Å². The fourth-order valence-electron chi connectivity index (χ4n) is 2.76. The van der Waals surface area contributed by atoms with Gasteiger partial charge in [-0.2, -0.15) is 0 Å². The molecule has 2 N–H and O–H groups in total. The summed E-state index contributed by atoms with van der Waals surface area (Å²) in [7, 11) is 0. The van der Waals surface area contributed by atoms with Gasteiger partial charge in [0.15, 0.2) is 0 Å². The molecule has 20 heavy (non-hydrogen) atoms. The van der Waals surface area contributed by atoms with Crippen LogP contribution in [0.2, 0.25) is 0 Å². The van der Waals surface area contributed by atoms with E-state index in [4.69, 9.17) is 4.98 Å². The van der Waals surface area contributed by atoms with Crippen LogP contribution in [0.4, 0.5) is 0 Å². The molecule has 0 fully saturated rings. The van der Waals surface area contributed by atoms with Crippen LogP contribution in [0.3, 0.4) is 0 Å². The van der Waals surface area contributed by atoms with Gasteiger partial charge in [-0.25, -0.2) is 4.98 Å². The van der Waals surface area contributed by atoms with Gasteiger partial charge >= 0.3 is 0 Å². The Morgan fingerprint density at radius 2 is 2.25 bits per heavy atom. The lowest BCUT2D eigenvalue weighted by Crippen LogP contribution is -2.44. The molecule has 1 aliphatic rings. The summed E-state index contributed by atoms with van der Waals surface area (Å²) in [6.45, 7) is 9.03. The van der Waals surface area contributed by atoms with Crippen molar-refractivity contribution in [3.8, 4) is 0 Å². The van der Waals surface area contributed by atoms with Crippen LogP contribution in [0.25, 0.3) is 0 Å². The summed E-state index contributed by atoms with van der Waals surface area (Å²) in [5.41, 5.74) is 0.656. The maximum absolute atomic E-state index is 10.5. The normalized spacial score (nSPS) is 23.1. The fourth-order valence-corrected chi connectivity index (χ4v) is 3.92. The molecule has 2 rings (SSSR count). The van der Waals surface area contributed by atoms with Gasteiger partial charge in [0.2, 0.25) is 0 Å². The SMILES string of the molecule is CCc1nc2c(s1)C(NCC(C)(O)C(C)CC)CCC2. The maximum atomic E-state index is 10.5. The van der Waals surface area contributed by atoms with Gasteiger partial charge in [-0.05, 0) is 38.5 Å². The zero-order valence-corrected chi connectivity index (χ0v) is 14.0. The lowest BCUT2D eigenvalue weighted by Gasteiger charge is -2.33. The number of thiazole rings is 1. The molecule has 0 spiro atoms. The molecule has 3 unspecified atom stereocenters. The van der Waals surface area contributed by atoms with Gasteiger partial charge in [-0.3, -0.25) is 0 Å². The molecule has 0 aromatic carbocycles.